The molecule has 0 aromatic carbocycles. The van der Waals surface area contributed by atoms with Crippen molar-refractivity contribution in [2.75, 3.05) is 6.61 Å². The summed E-state index contributed by atoms with van der Waals surface area (Å²) in [6, 6.07) is 0. The standard InChI is InChI=1S/C35H58O4/c1-22(9-10-25(37)30(39)26(38)21-36)23-13-18-32(4)24(23)14-19-34(6)28(32)11-12-29-33(5)17-8-16-31(2,3)27(33)15-20-35(29,34)7/h11-12,15,20,22-30,36-39H,8-10,13-14,16-19,21H2,1-7H3. The molecular formula is C35H58O4. The smallest absolute Gasteiger partial charge is 0.108 e. The molecule has 13 unspecified atom stereocenters. The maximum Gasteiger partial charge on any atom is 0.108 e. The van der Waals surface area contributed by atoms with Gasteiger partial charge in [0.25, 0.3) is 0 Å². The van der Waals surface area contributed by atoms with Crippen LogP contribution in [0.1, 0.15) is 106 Å². The summed E-state index contributed by atoms with van der Waals surface area (Å²) in [4.78, 5) is 0. The molecule has 0 radical (unpaired) electrons. The number of rotatable bonds is 7. The molecule has 3 saturated carbocycles. The lowest BCUT2D eigenvalue weighted by Crippen LogP contribution is -2.62. The average Bonchev–Trinajstić information content (AvgIpc) is 3.23. The lowest BCUT2D eigenvalue weighted by Gasteiger charge is -2.69. The van der Waals surface area contributed by atoms with Crippen molar-refractivity contribution >= 4 is 0 Å². The SMILES string of the molecule is CC(CCC(O)C(O)C(O)CO)C1CCC2(C)C1CCC1(C)C2C=CC2C3(C)CCCC(C)(C)C3C=CC21C. The highest BCUT2D eigenvalue weighted by Crippen LogP contribution is 2.75. The van der Waals surface area contributed by atoms with Crippen molar-refractivity contribution < 1.29 is 20.4 Å². The topological polar surface area (TPSA) is 80.9 Å². The summed E-state index contributed by atoms with van der Waals surface area (Å²) in [6.07, 6.45) is 17.6. The largest absolute Gasteiger partial charge is 0.394 e. The second kappa shape index (κ2) is 9.96. The summed E-state index contributed by atoms with van der Waals surface area (Å²) >= 11 is 0. The van der Waals surface area contributed by atoms with Crippen LogP contribution in [0.15, 0.2) is 24.3 Å². The Labute approximate surface area is 238 Å². The van der Waals surface area contributed by atoms with E-state index in [-0.39, 0.29) is 10.8 Å². The molecule has 5 aliphatic rings. The first-order chi connectivity index (χ1) is 18.2. The molecule has 4 N–H and O–H groups in total. The van der Waals surface area contributed by atoms with Crippen molar-refractivity contribution in [3.05, 3.63) is 24.3 Å². The first-order valence-electron chi connectivity index (χ1n) is 16.2. The number of aliphatic hydroxyl groups excluding tert-OH is 4. The third-order valence-electron chi connectivity index (χ3n) is 14.2. The molecule has 4 heteroatoms. The van der Waals surface area contributed by atoms with E-state index in [1.165, 1.54) is 44.9 Å². The van der Waals surface area contributed by atoms with Crippen molar-refractivity contribution in [3.8, 4) is 0 Å². The van der Waals surface area contributed by atoms with Crippen molar-refractivity contribution in [1.29, 1.82) is 0 Å². The van der Waals surface area contributed by atoms with Crippen LogP contribution in [0.3, 0.4) is 0 Å². The van der Waals surface area contributed by atoms with Gasteiger partial charge in [-0.3, -0.25) is 0 Å². The normalized spacial score (nSPS) is 49.3. The van der Waals surface area contributed by atoms with Crippen LogP contribution >= 0.6 is 0 Å². The van der Waals surface area contributed by atoms with E-state index in [0.29, 0.717) is 58.2 Å². The molecule has 0 bridgehead atoms. The molecule has 0 aromatic rings. The minimum atomic E-state index is -1.28. The van der Waals surface area contributed by atoms with Gasteiger partial charge in [-0.15, -0.1) is 0 Å². The Balaban J connectivity index is 1.37. The van der Waals surface area contributed by atoms with E-state index in [9.17, 15) is 15.3 Å². The van der Waals surface area contributed by atoms with Gasteiger partial charge in [0.2, 0.25) is 0 Å². The molecule has 5 rings (SSSR count). The zero-order valence-corrected chi connectivity index (χ0v) is 25.9. The molecule has 0 aromatic heterocycles. The van der Waals surface area contributed by atoms with E-state index in [1.807, 2.05) is 0 Å². The van der Waals surface area contributed by atoms with Crippen molar-refractivity contribution in [1.82, 2.24) is 0 Å². The highest BCUT2D eigenvalue weighted by atomic mass is 16.4. The quantitative estimate of drug-likeness (QED) is 0.276. The van der Waals surface area contributed by atoms with Crippen molar-refractivity contribution in [2.45, 2.75) is 125 Å². The summed E-state index contributed by atoms with van der Waals surface area (Å²) in [5.74, 6) is 3.61. The second-order valence-electron chi connectivity index (χ2n) is 16.4. The molecule has 0 heterocycles. The van der Waals surface area contributed by atoms with Gasteiger partial charge in [-0.1, -0.05) is 79.2 Å². The van der Waals surface area contributed by atoms with E-state index >= 15 is 0 Å². The zero-order chi connectivity index (χ0) is 28.6. The number of allylic oxidation sites excluding steroid dienone is 4. The monoisotopic (exact) mass is 542 g/mol. The van der Waals surface area contributed by atoms with E-state index in [2.05, 4.69) is 72.8 Å². The van der Waals surface area contributed by atoms with Gasteiger partial charge in [-0.05, 0) is 114 Å². The van der Waals surface area contributed by atoms with Gasteiger partial charge in [-0.2, -0.15) is 0 Å². The van der Waals surface area contributed by atoms with Gasteiger partial charge in [-0.25, -0.2) is 0 Å². The van der Waals surface area contributed by atoms with E-state index in [4.69, 9.17) is 5.11 Å². The fourth-order valence-corrected chi connectivity index (χ4v) is 11.8. The molecule has 4 nitrogen and oxygen atoms in total. The van der Waals surface area contributed by atoms with E-state index in [0.717, 1.165) is 6.42 Å². The van der Waals surface area contributed by atoms with Crippen LogP contribution < -0.4 is 0 Å². The van der Waals surface area contributed by atoms with Gasteiger partial charge in [0.15, 0.2) is 0 Å². The number of hydrogen-bond acceptors (Lipinski definition) is 4. The molecule has 0 aliphatic heterocycles. The maximum absolute atomic E-state index is 10.4. The number of fused-ring (bicyclic) bond motifs is 7. The first-order valence-corrected chi connectivity index (χ1v) is 16.2. The first kappa shape index (κ1) is 29.8. The minimum absolute atomic E-state index is 0.177. The van der Waals surface area contributed by atoms with E-state index < -0.39 is 24.9 Å². The van der Waals surface area contributed by atoms with Crippen molar-refractivity contribution in [3.63, 3.8) is 0 Å². The summed E-state index contributed by atoms with van der Waals surface area (Å²) in [5.41, 5.74) is 1.42. The third kappa shape index (κ3) is 4.28. The predicted octanol–water partition coefficient (Wildman–Crippen LogP) is 6.52. The molecule has 0 amide bonds. The summed E-state index contributed by atoms with van der Waals surface area (Å²) in [5, 5.41) is 39.4. The Kier molecular flexibility index (Phi) is 7.61. The van der Waals surface area contributed by atoms with Gasteiger partial charge >= 0.3 is 0 Å². The number of hydrogen-bond donors (Lipinski definition) is 4. The van der Waals surface area contributed by atoms with Crippen LogP contribution in [0.4, 0.5) is 0 Å². The molecule has 3 fully saturated rings. The Hall–Kier alpha value is -0.680. The summed E-state index contributed by atoms with van der Waals surface area (Å²) < 4.78 is 0. The predicted molar refractivity (Wildman–Crippen MR) is 158 cm³/mol. The molecule has 0 saturated heterocycles. The molecule has 222 valence electrons. The fourth-order valence-electron chi connectivity index (χ4n) is 11.8. The lowest BCUT2D eigenvalue weighted by molar-refractivity contribution is -0.148. The van der Waals surface area contributed by atoms with Crippen LogP contribution in [0, 0.1) is 62.6 Å². The zero-order valence-electron chi connectivity index (χ0n) is 25.9. The van der Waals surface area contributed by atoms with E-state index in [1.54, 1.807) is 0 Å². The maximum atomic E-state index is 10.4. The van der Waals surface area contributed by atoms with Crippen LogP contribution in [0.5, 0.6) is 0 Å². The Bertz CT molecular complexity index is 972. The van der Waals surface area contributed by atoms with Crippen LogP contribution in [-0.4, -0.2) is 45.3 Å². The minimum Gasteiger partial charge on any atom is -0.394 e. The molecule has 39 heavy (non-hydrogen) atoms. The highest BCUT2D eigenvalue weighted by Gasteiger charge is 2.68. The van der Waals surface area contributed by atoms with Gasteiger partial charge in [0, 0.05) is 0 Å². The molecule has 13 atom stereocenters. The lowest BCUT2D eigenvalue weighted by atomic mass is 9.35. The van der Waals surface area contributed by atoms with Crippen LogP contribution in [0.2, 0.25) is 0 Å². The Morgan fingerprint density at radius 2 is 1.44 bits per heavy atom. The average molecular weight is 543 g/mol. The number of aliphatic hydroxyl groups is 4. The second-order valence-corrected chi connectivity index (χ2v) is 16.4. The molecular weight excluding hydrogens is 484 g/mol. The van der Waals surface area contributed by atoms with Gasteiger partial charge in [0.1, 0.15) is 12.2 Å². The van der Waals surface area contributed by atoms with Gasteiger partial charge < -0.3 is 20.4 Å². The Morgan fingerprint density at radius 1 is 0.744 bits per heavy atom. The summed E-state index contributed by atoms with van der Waals surface area (Å²) in [6.45, 7) is 17.3. The molecule has 5 aliphatic carbocycles. The third-order valence-corrected chi connectivity index (χ3v) is 14.2. The van der Waals surface area contributed by atoms with Crippen LogP contribution in [0.25, 0.3) is 0 Å². The fraction of sp³-hybridized carbons (Fsp3) is 0.886. The highest BCUT2D eigenvalue weighted by molar-refractivity contribution is 5.32. The Morgan fingerprint density at radius 3 is 2.13 bits per heavy atom. The molecule has 0 spiro atoms. The van der Waals surface area contributed by atoms with Crippen molar-refractivity contribution in [2.24, 2.45) is 62.6 Å². The van der Waals surface area contributed by atoms with Gasteiger partial charge in [0.05, 0.1) is 12.7 Å². The summed E-state index contributed by atoms with van der Waals surface area (Å²) in [7, 11) is 0. The van der Waals surface area contributed by atoms with Crippen LogP contribution in [-0.2, 0) is 0 Å².